The molecule has 0 amide bonds. The molecule has 3 heteroatoms. The SMILES string of the molecule is O=C=NC1(c2ccc(C3CCCCC3)c(F)c2)CC1. The molecule has 1 aromatic carbocycles. The van der Waals surface area contributed by atoms with E-state index in [1.165, 1.54) is 19.3 Å². The molecule has 0 unspecified atom stereocenters. The predicted molar refractivity (Wildman–Crippen MR) is 71.3 cm³/mol. The Hall–Kier alpha value is -1.47. The van der Waals surface area contributed by atoms with Crippen molar-refractivity contribution in [2.45, 2.75) is 56.4 Å². The molecule has 0 heterocycles. The molecule has 2 nitrogen and oxygen atoms in total. The van der Waals surface area contributed by atoms with Crippen molar-refractivity contribution in [1.82, 2.24) is 0 Å². The fraction of sp³-hybridized carbons (Fsp3) is 0.562. The highest BCUT2D eigenvalue weighted by molar-refractivity contribution is 5.42. The number of nitrogens with zero attached hydrogens (tertiary/aromatic N) is 1. The van der Waals surface area contributed by atoms with Crippen LogP contribution in [-0.4, -0.2) is 6.08 Å². The molecule has 0 radical (unpaired) electrons. The highest BCUT2D eigenvalue weighted by Gasteiger charge is 2.45. The summed E-state index contributed by atoms with van der Waals surface area (Å²) in [6.45, 7) is 0. The second-order valence-corrected chi connectivity index (χ2v) is 5.81. The van der Waals surface area contributed by atoms with E-state index in [-0.39, 0.29) is 5.82 Å². The van der Waals surface area contributed by atoms with Gasteiger partial charge in [0.15, 0.2) is 0 Å². The van der Waals surface area contributed by atoms with Crippen LogP contribution >= 0.6 is 0 Å². The Morgan fingerprint density at radius 2 is 1.95 bits per heavy atom. The van der Waals surface area contributed by atoms with Crippen LogP contribution in [-0.2, 0) is 10.3 Å². The van der Waals surface area contributed by atoms with Crippen molar-refractivity contribution in [1.29, 1.82) is 0 Å². The second-order valence-electron chi connectivity index (χ2n) is 5.81. The number of benzene rings is 1. The Morgan fingerprint density at radius 3 is 2.53 bits per heavy atom. The number of hydrogen-bond donors (Lipinski definition) is 0. The first-order valence-corrected chi connectivity index (χ1v) is 7.14. The van der Waals surface area contributed by atoms with Crippen molar-refractivity contribution in [3.05, 3.63) is 35.1 Å². The highest BCUT2D eigenvalue weighted by Crippen LogP contribution is 2.49. The molecule has 100 valence electrons. The molecule has 0 N–H and O–H groups in total. The van der Waals surface area contributed by atoms with Crippen LogP contribution in [0.2, 0.25) is 0 Å². The zero-order valence-corrected chi connectivity index (χ0v) is 11.0. The normalized spacial score (nSPS) is 21.7. The summed E-state index contributed by atoms with van der Waals surface area (Å²) in [4.78, 5) is 14.3. The molecule has 3 rings (SSSR count). The fourth-order valence-electron chi connectivity index (χ4n) is 3.23. The Labute approximate surface area is 112 Å². The lowest BCUT2D eigenvalue weighted by molar-refractivity contribution is 0.429. The van der Waals surface area contributed by atoms with Crippen molar-refractivity contribution in [3.63, 3.8) is 0 Å². The van der Waals surface area contributed by atoms with E-state index in [4.69, 9.17) is 0 Å². The smallest absolute Gasteiger partial charge is 0.211 e. The van der Waals surface area contributed by atoms with Crippen molar-refractivity contribution in [2.75, 3.05) is 0 Å². The Balaban J connectivity index is 1.87. The van der Waals surface area contributed by atoms with Gasteiger partial charge in [-0.3, -0.25) is 0 Å². The molecule has 2 fully saturated rings. The largest absolute Gasteiger partial charge is 0.235 e. The molecule has 2 aliphatic carbocycles. The maximum absolute atomic E-state index is 14.3. The summed E-state index contributed by atoms with van der Waals surface area (Å²) in [7, 11) is 0. The predicted octanol–water partition coefficient (Wildman–Crippen LogP) is 4.20. The molecular weight excluding hydrogens is 241 g/mol. The second kappa shape index (κ2) is 4.90. The summed E-state index contributed by atoms with van der Waals surface area (Å²) < 4.78 is 14.3. The van der Waals surface area contributed by atoms with Gasteiger partial charge in [-0.2, -0.15) is 4.99 Å². The van der Waals surface area contributed by atoms with E-state index in [1.807, 2.05) is 12.1 Å². The van der Waals surface area contributed by atoms with Gasteiger partial charge in [-0.1, -0.05) is 31.4 Å². The van der Waals surface area contributed by atoms with Gasteiger partial charge >= 0.3 is 0 Å². The van der Waals surface area contributed by atoms with Crippen LogP contribution in [0.15, 0.2) is 23.2 Å². The van der Waals surface area contributed by atoms with E-state index < -0.39 is 5.54 Å². The third kappa shape index (κ3) is 2.35. The zero-order chi connectivity index (χ0) is 13.3. The molecule has 0 saturated heterocycles. The highest BCUT2D eigenvalue weighted by atomic mass is 19.1. The molecule has 0 spiro atoms. The fourth-order valence-corrected chi connectivity index (χ4v) is 3.23. The molecule has 19 heavy (non-hydrogen) atoms. The number of rotatable bonds is 3. The van der Waals surface area contributed by atoms with Gasteiger partial charge in [-0.25, -0.2) is 9.18 Å². The minimum atomic E-state index is -0.465. The van der Waals surface area contributed by atoms with Gasteiger partial charge in [0.2, 0.25) is 6.08 Å². The summed E-state index contributed by atoms with van der Waals surface area (Å²) in [5, 5.41) is 0. The summed E-state index contributed by atoms with van der Waals surface area (Å²) in [6.07, 6.45) is 9.12. The summed E-state index contributed by atoms with van der Waals surface area (Å²) in [5.74, 6) is 0.240. The summed E-state index contributed by atoms with van der Waals surface area (Å²) >= 11 is 0. The maximum atomic E-state index is 14.3. The first kappa shape index (κ1) is 12.6. The van der Waals surface area contributed by atoms with Crippen molar-refractivity contribution >= 4 is 6.08 Å². The van der Waals surface area contributed by atoms with Gasteiger partial charge in [0.1, 0.15) is 5.82 Å². The first-order chi connectivity index (χ1) is 9.25. The van der Waals surface area contributed by atoms with E-state index in [1.54, 1.807) is 12.1 Å². The number of halogens is 1. The molecule has 0 aliphatic heterocycles. The van der Waals surface area contributed by atoms with Crippen LogP contribution in [0.3, 0.4) is 0 Å². The van der Waals surface area contributed by atoms with E-state index >= 15 is 0 Å². The molecule has 2 aliphatic rings. The quantitative estimate of drug-likeness (QED) is 0.591. The van der Waals surface area contributed by atoms with E-state index in [2.05, 4.69) is 4.99 Å². The van der Waals surface area contributed by atoms with Gasteiger partial charge in [-0.15, -0.1) is 0 Å². The van der Waals surface area contributed by atoms with Gasteiger partial charge in [0.25, 0.3) is 0 Å². The molecular formula is C16H18FNO. The van der Waals surface area contributed by atoms with E-state index in [0.717, 1.165) is 36.8 Å². The van der Waals surface area contributed by atoms with Gasteiger partial charge in [0, 0.05) is 0 Å². The van der Waals surface area contributed by atoms with Crippen molar-refractivity contribution in [2.24, 2.45) is 4.99 Å². The molecule has 1 aromatic rings. The summed E-state index contributed by atoms with van der Waals surface area (Å²) in [6, 6.07) is 5.43. The Morgan fingerprint density at radius 1 is 1.21 bits per heavy atom. The molecule has 0 bridgehead atoms. The van der Waals surface area contributed by atoms with E-state index in [9.17, 15) is 9.18 Å². The van der Waals surface area contributed by atoms with Gasteiger partial charge in [0.05, 0.1) is 5.54 Å². The minimum Gasteiger partial charge on any atom is -0.211 e. The lowest BCUT2D eigenvalue weighted by atomic mass is 9.83. The third-order valence-electron chi connectivity index (χ3n) is 4.57. The third-order valence-corrected chi connectivity index (χ3v) is 4.57. The van der Waals surface area contributed by atoms with Crippen LogP contribution in [0.1, 0.15) is 62.0 Å². The van der Waals surface area contributed by atoms with Crippen LogP contribution in [0.25, 0.3) is 0 Å². The Bertz CT molecular complexity index is 524. The first-order valence-electron chi connectivity index (χ1n) is 7.14. The molecule has 0 aromatic heterocycles. The maximum Gasteiger partial charge on any atom is 0.235 e. The average molecular weight is 259 g/mol. The van der Waals surface area contributed by atoms with Crippen LogP contribution in [0, 0.1) is 5.82 Å². The zero-order valence-electron chi connectivity index (χ0n) is 11.0. The van der Waals surface area contributed by atoms with Crippen molar-refractivity contribution < 1.29 is 9.18 Å². The van der Waals surface area contributed by atoms with Gasteiger partial charge in [-0.05, 0) is 48.8 Å². The topological polar surface area (TPSA) is 29.4 Å². The summed E-state index contributed by atoms with van der Waals surface area (Å²) in [5.41, 5.74) is 1.20. The Kier molecular flexibility index (Phi) is 3.24. The number of isocyanates is 1. The van der Waals surface area contributed by atoms with E-state index in [0.29, 0.717) is 5.92 Å². The lowest BCUT2D eigenvalue weighted by Crippen LogP contribution is -2.09. The minimum absolute atomic E-state index is 0.128. The average Bonchev–Trinajstić information content (AvgIpc) is 3.21. The molecule has 0 atom stereocenters. The number of aliphatic imine (C=N–C) groups is 1. The lowest BCUT2D eigenvalue weighted by Gasteiger charge is -2.23. The van der Waals surface area contributed by atoms with Crippen LogP contribution in [0.5, 0.6) is 0 Å². The number of carbonyl (C=O) groups excluding carboxylic acids is 1. The van der Waals surface area contributed by atoms with Crippen LogP contribution < -0.4 is 0 Å². The van der Waals surface area contributed by atoms with Crippen LogP contribution in [0.4, 0.5) is 4.39 Å². The van der Waals surface area contributed by atoms with Gasteiger partial charge < -0.3 is 0 Å². The standard InChI is InChI=1S/C16H18FNO/c17-15-10-13(16(8-9-16)18-11-19)6-7-14(15)12-4-2-1-3-5-12/h6-7,10,12H,1-5,8-9H2. The van der Waals surface area contributed by atoms with Crippen molar-refractivity contribution in [3.8, 4) is 0 Å². The molecule has 2 saturated carbocycles. The monoisotopic (exact) mass is 259 g/mol. The number of hydrogen-bond acceptors (Lipinski definition) is 2.